The molecular formula is C11H14ClN3O4. The quantitative estimate of drug-likeness (QED) is 0.299. The Hall–Kier alpha value is -1.60. The third-order valence-corrected chi connectivity index (χ3v) is 3.38. The van der Waals surface area contributed by atoms with E-state index < -0.39 is 4.92 Å². The van der Waals surface area contributed by atoms with E-state index in [1.165, 1.54) is 0 Å². The van der Waals surface area contributed by atoms with E-state index in [-0.39, 0.29) is 16.5 Å². The van der Waals surface area contributed by atoms with Gasteiger partial charge in [0.25, 0.3) is 5.15 Å². The van der Waals surface area contributed by atoms with Crippen molar-refractivity contribution in [1.82, 2.24) is 0 Å². The monoisotopic (exact) mass is 287 g/mol. The van der Waals surface area contributed by atoms with Crippen molar-refractivity contribution in [2.24, 2.45) is 5.92 Å². The molecule has 1 aliphatic heterocycles. The fraction of sp³-hybridized carbons (Fsp3) is 0.545. The molecule has 7 nitrogen and oxygen atoms in total. The molecule has 0 bridgehead atoms. The molecule has 0 amide bonds. The van der Waals surface area contributed by atoms with E-state index in [4.69, 9.17) is 16.3 Å². The van der Waals surface area contributed by atoms with Gasteiger partial charge in [0, 0.05) is 19.8 Å². The minimum Gasteiger partial charge on any atom is -0.618 e. The smallest absolute Gasteiger partial charge is 0.306 e. The standard InChI is InChI=1S/C11H14ClN3O4/c12-11-5-10(15(17)18)9(7-14(11)16)13-6-8-1-3-19-4-2-8/h5,7-8,13H,1-4,6H2. The van der Waals surface area contributed by atoms with Crippen molar-refractivity contribution in [2.75, 3.05) is 25.1 Å². The number of anilines is 1. The van der Waals surface area contributed by atoms with Gasteiger partial charge in [-0.3, -0.25) is 10.1 Å². The van der Waals surface area contributed by atoms with Crippen LogP contribution >= 0.6 is 11.6 Å². The van der Waals surface area contributed by atoms with Crippen molar-refractivity contribution >= 4 is 23.0 Å². The topological polar surface area (TPSA) is 91.3 Å². The predicted molar refractivity (Wildman–Crippen MR) is 69.1 cm³/mol. The molecule has 0 unspecified atom stereocenters. The Bertz CT molecular complexity index is 477. The Morgan fingerprint density at radius 3 is 2.84 bits per heavy atom. The first-order valence-corrected chi connectivity index (χ1v) is 6.34. The van der Waals surface area contributed by atoms with Crippen LogP contribution in [0.4, 0.5) is 11.4 Å². The van der Waals surface area contributed by atoms with Gasteiger partial charge in [-0.1, -0.05) is 0 Å². The lowest BCUT2D eigenvalue weighted by Gasteiger charge is -2.22. The number of hydrogen-bond donors (Lipinski definition) is 1. The van der Waals surface area contributed by atoms with Crippen LogP contribution in [0, 0.1) is 21.2 Å². The predicted octanol–water partition coefficient (Wildman–Crippen LogP) is 1.72. The summed E-state index contributed by atoms with van der Waals surface area (Å²) in [5.74, 6) is 0.393. The molecule has 0 radical (unpaired) electrons. The summed E-state index contributed by atoms with van der Waals surface area (Å²) in [6, 6.07) is 1.06. The average Bonchev–Trinajstić information content (AvgIpc) is 2.40. The highest BCUT2D eigenvalue weighted by Crippen LogP contribution is 2.26. The van der Waals surface area contributed by atoms with E-state index in [0.717, 1.165) is 25.1 Å². The maximum absolute atomic E-state index is 11.4. The molecule has 0 aromatic carbocycles. The van der Waals surface area contributed by atoms with Crippen LogP contribution in [0.5, 0.6) is 0 Å². The van der Waals surface area contributed by atoms with Crippen molar-refractivity contribution in [1.29, 1.82) is 0 Å². The second-order valence-electron chi connectivity index (χ2n) is 4.41. The summed E-state index contributed by atoms with van der Waals surface area (Å²) in [6.07, 6.45) is 2.91. The maximum atomic E-state index is 11.4. The highest BCUT2D eigenvalue weighted by molar-refractivity contribution is 6.28. The number of halogens is 1. The van der Waals surface area contributed by atoms with Gasteiger partial charge >= 0.3 is 5.69 Å². The second kappa shape index (κ2) is 6.03. The number of rotatable bonds is 4. The zero-order valence-corrected chi connectivity index (χ0v) is 10.9. The first-order chi connectivity index (χ1) is 9.08. The third kappa shape index (κ3) is 3.45. The molecule has 19 heavy (non-hydrogen) atoms. The van der Waals surface area contributed by atoms with E-state index in [9.17, 15) is 15.3 Å². The molecule has 1 aromatic rings. The summed E-state index contributed by atoms with van der Waals surface area (Å²) in [5, 5.41) is 25.0. The molecule has 0 spiro atoms. The maximum Gasteiger partial charge on any atom is 0.306 e. The number of nitrogens with one attached hydrogen (secondary N) is 1. The van der Waals surface area contributed by atoms with Crippen LogP contribution in [0.1, 0.15) is 12.8 Å². The molecule has 1 saturated heterocycles. The van der Waals surface area contributed by atoms with E-state index in [2.05, 4.69) is 5.32 Å². The van der Waals surface area contributed by atoms with Gasteiger partial charge in [-0.05, 0) is 30.4 Å². The van der Waals surface area contributed by atoms with Crippen LogP contribution in [-0.2, 0) is 4.74 Å². The molecule has 1 aliphatic rings. The largest absolute Gasteiger partial charge is 0.618 e. The van der Waals surface area contributed by atoms with Gasteiger partial charge in [-0.15, -0.1) is 0 Å². The summed E-state index contributed by atoms with van der Waals surface area (Å²) < 4.78 is 5.64. The molecule has 2 heterocycles. The molecule has 104 valence electrons. The second-order valence-corrected chi connectivity index (χ2v) is 4.80. The van der Waals surface area contributed by atoms with Crippen LogP contribution in [0.3, 0.4) is 0 Å². The highest BCUT2D eigenvalue weighted by atomic mass is 35.5. The fourth-order valence-corrected chi connectivity index (χ4v) is 2.14. The summed E-state index contributed by atoms with van der Waals surface area (Å²) >= 11 is 5.58. The highest BCUT2D eigenvalue weighted by Gasteiger charge is 2.22. The lowest BCUT2D eigenvalue weighted by molar-refractivity contribution is -0.602. The SMILES string of the molecule is O=[N+]([O-])c1cc(Cl)[n+]([O-])cc1NCC1CCOCC1. The minimum atomic E-state index is -0.557. The van der Waals surface area contributed by atoms with Crippen LogP contribution in [0.25, 0.3) is 0 Å². The average molecular weight is 288 g/mol. The van der Waals surface area contributed by atoms with Crippen LogP contribution in [-0.4, -0.2) is 24.7 Å². The molecule has 1 N–H and O–H groups in total. The van der Waals surface area contributed by atoms with Crippen LogP contribution in [0.2, 0.25) is 5.15 Å². The zero-order valence-electron chi connectivity index (χ0n) is 10.2. The Morgan fingerprint density at radius 2 is 2.21 bits per heavy atom. The molecule has 8 heteroatoms. The number of nitro groups is 1. The number of nitrogens with zero attached hydrogens (tertiary/aromatic N) is 2. The third-order valence-electron chi connectivity index (χ3n) is 3.11. The van der Waals surface area contributed by atoms with Gasteiger partial charge in [-0.25, -0.2) is 0 Å². The molecule has 0 aliphatic carbocycles. The lowest BCUT2D eigenvalue weighted by atomic mass is 10.0. The molecule has 0 saturated carbocycles. The zero-order chi connectivity index (χ0) is 13.8. The molecule has 2 rings (SSSR count). The van der Waals surface area contributed by atoms with Crippen molar-refractivity contribution in [3.05, 3.63) is 32.7 Å². The molecular weight excluding hydrogens is 274 g/mol. The van der Waals surface area contributed by atoms with Gasteiger partial charge in [0.2, 0.25) is 6.20 Å². The number of hydrogen-bond acceptors (Lipinski definition) is 5. The Labute approximate surface area is 114 Å². The van der Waals surface area contributed by atoms with E-state index in [1.807, 2.05) is 0 Å². The summed E-state index contributed by atoms with van der Waals surface area (Å²) in [4.78, 5) is 10.4. The fourth-order valence-electron chi connectivity index (χ4n) is 1.99. The first-order valence-electron chi connectivity index (χ1n) is 5.96. The molecule has 1 aromatic heterocycles. The normalized spacial score (nSPS) is 16.3. The Balaban J connectivity index is 2.09. The van der Waals surface area contributed by atoms with Crippen molar-refractivity contribution < 1.29 is 14.4 Å². The first kappa shape index (κ1) is 13.8. The van der Waals surface area contributed by atoms with E-state index >= 15 is 0 Å². The Morgan fingerprint density at radius 1 is 1.53 bits per heavy atom. The number of pyridine rings is 1. The Kier molecular flexibility index (Phi) is 4.39. The molecule has 0 atom stereocenters. The van der Waals surface area contributed by atoms with Gasteiger partial charge in [0.15, 0.2) is 5.69 Å². The summed E-state index contributed by atoms with van der Waals surface area (Å²) in [7, 11) is 0. The summed E-state index contributed by atoms with van der Waals surface area (Å²) in [5.41, 5.74) is 0.0000475. The van der Waals surface area contributed by atoms with Crippen molar-refractivity contribution in [2.45, 2.75) is 12.8 Å². The molecule has 1 fully saturated rings. The summed E-state index contributed by atoms with van der Waals surface area (Å²) in [6.45, 7) is 1.99. The van der Waals surface area contributed by atoms with Gasteiger partial charge in [0.1, 0.15) is 6.07 Å². The van der Waals surface area contributed by atoms with Gasteiger partial charge in [-0.2, -0.15) is 4.73 Å². The van der Waals surface area contributed by atoms with Crippen molar-refractivity contribution in [3.8, 4) is 0 Å². The number of ether oxygens (including phenoxy) is 1. The van der Waals surface area contributed by atoms with Crippen LogP contribution in [0.15, 0.2) is 12.3 Å². The van der Waals surface area contributed by atoms with E-state index in [0.29, 0.717) is 30.4 Å². The van der Waals surface area contributed by atoms with Crippen molar-refractivity contribution in [3.63, 3.8) is 0 Å². The van der Waals surface area contributed by atoms with E-state index in [1.54, 1.807) is 0 Å². The minimum absolute atomic E-state index is 0.191. The number of aromatic nitrogens is 1. The lowest BCUT2D eigenvalue weighted by Crippen LogP contribution is -2.29. The van der Waals surface area contributed by atoms with Gasteiger partial charge in [0.05, 0.1) is 4.92 Å². The van der Waals surface area contributed by atoms with Crippen LogP contribution < -0.4 is 10.0 Å². The van der Waals surface area contributed by atoms with Gasteiger partial charge < -0.3 is 15.3 Å².